The molecule has 0 spiro atoms. The maximum Gasteiger partial charge on any atom is 0.133 e. The number of rotatable bonds is 10. The van der Waals surface area contributed by atoms with E-state index < -0.39 is 0 Å². The van der Waals surface area contributed by atoms with E-state index in [9.17, 15) is 0 Å². The Bertz CT molecular complexity index is 355. The minimum atomic E-state index is 0.0997. The molecule has 1 aromatic rings. The van der Waals surface area contributed by atoms with Crippen LogP contribution in [0.1, 0.15) is 51.9 Å². The second-order valence-corrected chi connectivity index (χ2v) is 5.99. The Morgan fingerprint density at radius 3 is 2.60 bits per heavy atom. The van der Waals surface area contributed by atoms with Crippen LogP contribution in [-0.2, 0) is 22.6 Å². The Kier molecular flexibility index (Phi) is 7.88. The maximum atomic E-state index is 5.58. The number of hydrogen-bond acceptors (Lipinski definition) is 4. The van der Waals surface area contributed by atoms with Crippen molar-refractivity contribution in [3.8, 4) is 0 Å². The molecule has 0 saturated heterocycles. The van der Waals surface area contributed by atoms with Crippen LogP contribution in [0.15, 0.2) is 16.7 Å². The molecule has 1 aromatic heterocycles. The van der Waals surface area contributed by atoms with Crippen LogP contribution in [0, 0.1) is 0 Å². The van der Waals surface area contributed by atoms with E-state index in [-0.39, 0.29) is 5.54 Å². The molecule has 0 aromatic carbocycles. The Balaban J connectivity index is 2.19. The van der Waals surface area contributed by atoms with Gasteiger partial charge in [-0.1, -0.05) is 13.3 Å². The summed E-state index contributed by atoms with van der Waals surface area (Å²) in [4.78, 5) is 0. The molecule has 0 amide bonds. The lowest BCUT2D eigenvalue weighted by molar-refractivity contribution is 0.0336. The third kappa shape index (κ3) is 7.68. The molecule has 0 atom stereocenters. The SMILES string of the molecule is CCCCOCCOCc1occc1CNC(C)(C)C. The first kappa shape index (κ1) is 17.2. The van der Waals surface area contributed by atoms with Crippen molar-refractivity contribution in [1.29, 1.82) is 0 Å². The van der Waals surface area contributed by atoms with Crippen molar-refractivity contribution in [1.82, 2.24) is 5.32 Å². The zero-order valence-corrected chi connectivity index (χ0v) is 13.3. The molecular weight excluding hydrogens is 254 g/mol. The van der Waals surface area contributed by atoms with E-state index in [4.69, 9.17) is 13.9 Å². The van der Waals surface area contributed by atoms with E-state index in [1.165, 1.54) is 0 Å². The van der Waals surface area contributed by atoms with Crippen LogP contribution < -0.4 is 5.32 Å². The first-order valence-corrected chi connectivity index (χ1v) is 7.48. The average Bonchev–Trinajstić information content (AvgIpc) is 2.82. The summed E-state index contributed by atoms with van der Waals surface area (Å²) in [6.07, 6.45) is 3.99. The lowest BCUT2D eigenvalue weighted by Crippen LogP contribution is -2.35. The van der Waals surface area contributed by atoms with Crippen LogP contribution in [-0.4, -0.2) is 25.4 Å². The lowest BCUT2D eigenvalue weighted by atomic mass is 10.1. The van der Waals surface area contributed by atoms with Gasteiger partial charge in [0.05, 0.1) is 19.5 Å². The fourth-order valence-corrected chi connectivity index (χ4v) is 1.64. The summed E-state index contributed by atoms with van der Waals surface area (Å²) in [6, 6.07) is 2.00. The summed E-state index contributed by atoms with van der Waals surface area (Å²) in [5, 5.41) is 3.45. The smallest absolute Gasteiger partial charge is 0.133 e. The first-order chi connectivity index (χ1) is 9.53. The van der Waals surface area contributed by atoms with E-state index >= 15 is 0 Å². The van der Waals surface area contributed by atoms with Crippen LogP contribution in [0.5, 0.6) is 0 Å². The number of nitrogens with one attached hydrogen (secondary N) is 1. The van der Waals surface area contributed by atoms with Crippen LogP contribution in [0.4, 0.5) is 0 Å². The molecule has 4 heteroatoms. The van der Waals surface area contributed by atoms with Crippen molar-refractivity contribution in [2.45, 2.75) is 59.2 Å². The largest absolute Gasteiger partial charge is 0.467 e. The second kappa shape index (κ2) is 9.16. The number of hydrogen-bond donors (Lipinski definition) is 1. The summed E-state index contributed by atoms with van der Waals surface area (Å²) >= 11 is 0. The molecule has 116 valence electrons. The van der Waals surface area contributed by atoms with E-state index in [1.807, 2.05) is 6.07 Å². The molecular formula is C16H29NO3. The van der Waals surface area contributed by atoms with Gasteiger partial charge in [0, 0.05) is 24.3 Å². The third-order valence-electron chi connectivity index (χ3n) is 2.89. The van der Waals surface area contributed by atoms with Gasteiger partial charge in [0.2, 0.25) is 0 Å². The molecule has 0 radical (unpaired) electrons. The fourth-order valence-electron chi connectivity index (χ4n) is 1.64. The molecule has 4 nitrogen and oxygen atoms in total. The standard InChI is InChI=1S/C16H29NO3/c1-5-6-8-18-10-11-19-13-15-14(7-9-20-15)12-17-16(2,3)4/h7,9,17H,5-6,8,10-13H2,1-4H3. The molecule has 0 saturated carbocycles. The van der Waals surface area contributed by atoms with Gasteiger partial charge in [-0.3, -0.25) is 0 Å². The van der Waals surface area contributed by atoms with Crippen LogP contribution >= 0.6 is 0 Å². The number of furan rings is 1. The molecule has 1 heterocycles. The first-order valence-electron chi connectivity index (χ1n) is 7.48. The predicted octanol–water partition coefficient (Wildman–Crippen LogP) is 3.50. The molecule has 0 fully saturated rings. The van der Waals surface area contributed by atoms with E-state index in [0.717, 1.165) is 37.3 Å². The average molecular weight is 283 g/mol. The zero-order chi connectivity index (χ0) is 14.8. The zero-order valence-electron chi connectivity index (χ0n) is 13.3. The van der Waals surface area contributed by atoms with Crippen molar-refractivity contribution in [2.75, 3.05) is 19.8 Å². The molecule has 0 bridgehead atoms. The molecule has 1 N–H and O–H groups in total. The summed E-state index contributed by atoms with van der Waals surface area (Å²) in [7, 11) is 0. The quantitative estimate of drug-likeness (QED) is 0.667. The van der Waals surface area contributed by atoms with Crippen LogP contribution in [0.3, 0.4) is 0 Å². The minimum Gasteiger partial charge on any atom is -0.467 e. The third-order valence-corrected chi connectivity index (χ3v) is 2.89. The van der Waals surface area contributed by atoms with Crippen LogP contribution in [0.25, 0.3) is 0 Å². The van der Waals surface area contributed by atoms with E-state index in [1.54, 1.807) is 6.26 Å². The van der Waals surface area contributed by atoms with Gasteiger partial charge >= 0.3 is 0 Å². The van der Waals surface area contributed by atoms with Gasteiger partial charge in [0.1, 0.15) is 12.4 Å². The van der Waals surface area contributed by atoms with Gasteiger partial charge in [0.15, 0.2) is 0 Å². The Hall–Kier alpha value is -0.840. The number of ether oxygens (including phenoxy) is 2. The normalized spacial score (nSPS) is 12.0. The maximum absolute atomic E-state index is 5.58. The fraction of sp³-hybridized carbons (Fsp3) is 0.750. The van der Waals surface area contributed by atoms with Gasteiger partial charge < -0.3 is 19.2 Å². The molecule has 0 aliphatic heterocycles. The molecule has 0 unspecified atom stereocenters. The van der Waals surface area contributed by atoms with Gasteiger partial charge in [-0.25, -0.2) is 0 Å². The van der Waals surface area contributed by atoms with Crippen molar-refractivity contribution in [2.24, 2.45) is 0 Å². The second-order valence-electron chi connectivity index (χ2n) is 5.99. The summed E-state index contributed by atoms with van der Waals surface area (Å²) < 4.78 is 16.5. The topological polar surface area (TPSA) is 43.6 Å². The number of unbranched alkanes of at least 4 members (excludes halogenated alkanes) is 1. The van der Waals surface area contributed by atoms with Crippen molar-refractivity contribution in [3.05, 3.63) is 23.7 Å². The Morgan fingerprint density at radius 1 is 1.15 bits per heavy atom. The highest BCUT2D eigenvalue weighted by Crippen LogP contribution is 2.13. The van der Waals surface area contributed by atoms with Crippen LogP contribution in [0.2, 0.25) is 0 Å². The Morgan fingerprint density at radius 2 is 1.90 bits per heavy atom. The summed E-state index contributed by atoms with van der Waals surface area (Å²) in [5.41, 5.74) is 1.26. The lowest BCUT2D eigenvalue weighted by Gasteiger charge is -2.20. The molecule has 0 aliphatic rings. The van der Waals surface area contributed by atoms with E-state index in [0.29, 0.717) is 19.8 Å². The molecule has 0 aliphatic carbocycles. The van der Waals surface area contributed by atoms with Crippen molar-refractivity contribution in [3.63, 3.8) is 0 Å². The summed E-state index contributed by atoms with van der Waals surface area (Å²) in [6.45, 7) is 12.0. The van der Waals surface area contributed by atoms with Gasteiger partial charge in [-0.15, -0.1) is 0 Å². The van der Waals surface area contributed by atoms with Crippen molar-refractivity contribution >= 4 is 0 Å². The highest BCUT2D eigenvalue weighted by Gasteiger charge is 2.12. The van der Waals surface area contributed by atoms with E-state index in [2.05, 4.69) is 33.0 Å². The monoisotopic (exact) mass is 283 g/mol. The Labute approximate surface area is 122 Å². The van der Waals surface area contributed by atoms with Gasteiger partial charge in [-0.05, 0) is 33.3 Å². The van der Waals surface area contributed by atoms with Gasteiger partial charge in [-0.2, -0.15) is 0 Å². The van der Waals surface area contributed by atoms with Crippen molar-refractivity contribution < 1.29 is 13.9 Å². The highest BCUT2D eigenvalue weighted by atomic mass is 16.5. The van der Waals surface area contributed by atoms with Gasteiger partial charge in [0.25, 0.3) is 0 Å². The summed E-state index contributed by atoms with van der Waals surface area (Å²) in [5.74, 6) is 0.898. The highest BCUT2D eigenvalue weighted by molar-refractivity contribution is 5.16. The molecule has 1 rings (SSSR count). The predicted molar refractivity (Wildman–Crippen MR) is 80.7 cm³/mol. The molecule has 20 heavy (non-hydrogen) atoms. The minimum absolute atomic E-state index is 0.0997.